The molecule has 1 unspecified atom stereocenters. The second-order valence-electron chi connectivity index (χ2n) is 1.50. The monoisotopic (exact) mass is 163 g/mol. The van der Waals surface area contributed by atoms with Gasteiger partial charge in [0.15, 0.2) is 5.71 Å². The fourth-order valence-corrected chi connectivity index (χ4v) is 0.510. The molecular weight excluding hydrogens is 153 g/mol. The van der Waals surface area contributed by atoms with Gasteiger partial charge in [0.05, 0.1) is 16.1 Å². The van der Waals surface area contributed by atoms with Gasteiger partial charge in [-0.3, -0.25) is 0 Å². The van der Waals surface area contributed by atoms with Gasteiger partial charge in [-0.15, -0.1) is 0 Å². The van der Waals surface area contributed by atoms with Crippen molar-refractivity contribution in [3.8, 4) is 0 Å². The Bertz CT molecular complexity index is 146. The third-order valence-corrected chi connectivity index (χ3v) is 0.866. The second kappa shape index (κ2) is 5.18. The van der Waals surface area contributed by atoms with Crippen LogP contribution >= 0.6 is 9.47 Å². The van der Waals surface area contributed by atoms with Gasteiger partial charge in [-0.25, -0.2) is 4.79 Å². The van der Waals surface area contributed by atoms with E-state index in [1.54, 1.807) is 6.92 Å². The summed E-state index contributed by atoms with van der Waals surface area (Å²) < 4.78 is 8.87. The molecule has 5 heteroatoms. The molecule has 0 rings (SSSR count). The Balaban J connectivity index is 3.82. The lowest BCUT2D eigenvalue weighted by molar-refractivity contribution is -0.135. The minimum absolute atomic E-state index is 0.205. The number of hydrogen-bond donors (Lipinski definition) is 0. The van der Waals surface area contributed by atoms with E-state index >= 15 is 0 Å². The minimum Gasteiger partial charge on any atom is -0.461 e. The zero-order chi connectivity index (χ0) is 7.98. The highest BCUT2D eigenvalue weighted by molar-refractivity contribution is 7.09. The van der Waals surface area contributed by atoms with E-state index < -0.39 is 5.97 Å². The van der Waals surface area contributed by atoms with E-state index in [0.717, 1.165) is 0 Å². The maximum absolute atomic E-state index is 10.7. The van der Waals surface area contributed by atoms with Crippen molar-refractivity contribution in [2.75, 3.05) is 6.61 Å². The van der Waals surface area contributed by atoms with E-state index in [1.807, 2.05) is 9.47 Å². The summed E-state index contributed by atoms with van der Waals surface area (Å²) in [5.41, 5.74) is 0.205. The molecule has 10 heavy (non-hydrogen) atoms. The van der Waals surface area contributed by atoms with Gasteiger partial charge in [-0.1, -0.05) is 5.16 Å². The molecule has 0 amide bonds. The molecule has 58 valence electrons. The van der Waals surface area contributed by atoms with Gasteiger partial charge in [0.2, 0.25) is 0 Å². The number of ether oxygens (including phenoxy) is 1. The first kappa shape index (κ1) is 9.37. The first-order valence-corrected chi connectivity index (χ1v) is 3.27. The smallest absolute Gasteiger partial charge is 0.355 e. The first-order valence-electron chi connectivity index (χ1n) is 2.80. The zero-order valence-electron chi connectivity index (χ0n) is 5.96. The molecule has 0 aliphatic carbocycles. The maximum atomic E-state index is 10.7. The fraction of sp³-hybridized carbons (Fsp3) is 0.600. The number of esters is 1. The lowest BCUT2D eigenvalue weighted by atomic mass is 10.4. The van der Waals surface area contributed by atoms with Crippen LogP contribution in [0.3, 0.4) is 0 Å². The van der Waals surface area contributed by atoms with Crippen LogP contribution in [-0.4, -0.2) is 18.3 Å². The molecule has 0 saturated carbocycles. The van der Waals surface area contributed by atoms with Gasteiger partial charge < -0.3 is 9.36 Å². The summed E-state index contributed by atoms with van der Waals surface area (Å²) in [4.78, 5) is 10.7. The van der Waals surface area contributed by atoms with Crippen molar-refractivity contribution in [1.29, 1.82) is 0 Å². The number of oxime groups is 1. The van der Waals surface area contributed by atoms with E-state index in [0.29, 0.717) is 6.61 Å². The molecule has 0 aliphatic rings. The first-order chi connectivity index (χ1) is 4.72. The topological polar surface area (TPSA) is 47.9 Å². The Labute approximate surface area is 61.9 Å². The molecule has 0 radical (unpaired) electrons. The Morgan fingerprint density at radius 3 is 2.70 bits per heavy atom. The van der Waals surface area contributed by atoms with Crippen molar-refractivity contribution in [2.24, 2.45) is 5.16 Å². The largest absolute Gasteiger partial charge is 0.461 e. The summed E-state index contributed by atoms with van der Waals surface area (Å²) in [5, 5.41) is 3.35. The Morgan fingerprint density at radius 2 is 2.30 bits per heavy atom. The van der Waals surface area contributed by atoms with Crippen molar-refractivity contribution in [3.63, 3.8) is 0 Å². The number of hydrogen-bond acceptors (Lipinski definition) is 4. The molecule has 0 aromatic heterocycles. The van der Waals surface area contributed by atoms with Crippen LogP contribution in [0.5, 0.6) is 0 Å². The van der Waals surface area contributed by atoms with Gasteiger partial charge in [0.25, 0.3) is 0 Å². The van der Waals surface area contributed by atoms with Crippen LogP contribution in [0.25, 0.3) is 0 Å². The highest BCUT2D eigenvalue weighted by Gasteiger charge is 2.05. The summed E-state index contributed by atoms with van der Waals surface area (Å²) in [6.45, 7) is 3.59. The molecule has 0 heterocycles. The van der Waals surface area contributed by atoms with E-state index in [4.69, 9.17) is 0 Å². The molecule has 0 bridgehead atoms. The van der Waals surface area contributed by atoms with E-state index in [-0.39, 0.29) is 5.71 Å². The SMILES string of the molecule is CCOC(=O)/C(C)=N\OP. The Morgan fingerprint density at radius 1 is 1.70 bits per heavy atom. The Hall–Kier alpha value is -0.630. The summed E-state index contributed by atoms with van der Waals surface area (Å²) >= 11 is 0. The van der Waals surface area contributed by atoms with E-state index in [2.05, 4.69) is 14.5 Å². The molecule has 0 aromatic carbocycles. The van der Waals surface area contributed by atoms with Crippen LogP contribution in [0.2, 0.25) is 0 Å². The predicted octanol–water partition coefficient (Wildman–Crippen LogP) is 0.732. The van der Waals surface area contributed by atoms with Gasteiger partial charge in [-0.2, -0.15) is 0 Å². The number of carbonyl (C=O) groups excluding carboxylic acids is 1. The van der Waals surface area contributed by atoms with Gasteiger partial charge in [0.1, 0.15) is 0 Å². The number of nitrogens with zero attached hydrogens (tertiary/aromatic N) is 1. The average molecular weight is 163 g/mol. The van der Waals surface area contributed by atoms with Crippen LogP contribution in [0, 0.1) is 0 Å². The van der Waals surface area contributed by atoms with Crippen LogP contribution in [-0.2, 0) is 14.2 Å². The van der Waals surface area contributed by atoms with Crippen LogP contribution in [0.15, 0.2) is 5.16 Å². The molecule has 0 aliphatic heterocycles. The highest BCUT2D eigenvalue weighted by atomic mass is 31.0. The van der Waals surface area contributed by atoms with E-state index in [1.165, 1.54) is 6.92 Å². The lowest BCUT2D eigenvalue weighted by Crippen LogP contribution is -2.13. The maximum Gasteiger partial charge on any atom is 0.355 e. The van der Waals surface area contributed by atoms with Crippen molar-refractivity contribution < 1.29 is 14.2 Å². The molecule has 0 spiro atoms. The van der Waals surface area contributed by atoms with Crippen LogP contribution in [0.1, 0.15) is 13.8 Å². The quantitative estimate of drug-likeness (QED) is 0.267. The number of rotatable bonds is 3. The highest BCUT2D eigenvalue weighted by Crippen LogP contribution is 1.89. The summed E-state index contributed by atoms with van der Waals surface area (Å²) in [6.07, 6.45) is 0. The molecule has 0 aromatic rings. The summed E-state index contributed by atoms with van der Waals surface area (Å²) in [5.74, 6) is -0.454. The van der Waals surface area contributed by atoms with Crippen molar-refractivity contribution >= 4 is 21.1 Å². The van der Waals surface area contributed by atoms with Gasteiger partial charge in [-0.05, 0) is 13.8 Å². The molecule has 0 saturated heterocycles. The van der Waals surface area contributed by atoms with Crippen LogP contribution in [0.4, 0.5) is 0 Å². The average Bonchev–Trinajstić information content (AvgIpc) is 1.89. The standard InChI is InChI=1S/C5H10NO3P/c1-3-8-5(7)4(2)6-9-10/h3,10H2,1-2H3/b6-4-. The lowest BCUT2D eigenvalue weighted by Gasteiger charge is -1.97. The van der Waals surface area contributed by atoms with Crippen molar-refractivity contribution in [2.45, 2.75) is 13.8 Å². The van der Waals surface area contributed by atoms with Crippen molar-refractivity contribution in [1.82, 2.24) is 0 Å². The Kier molecular flexibility index (Phi) is 4.85. The van der Waals surface area contributed by atoms with E-state index in [9.17, 15) is 4.79 Å². The number of carbonyl (C=O) groups is 1. The molecule has 0 N–H and O–H groups in total. The van der Waals surface area contributed by atoms with Crippen LogP contribution < -0.4 is 0 Å². The zero-order valence-corrected chi connectivity index (χ0v) is 7.11. The second-order valence-corrected chi connectivity index (χ2v) is 1.71. The minimum atomic E-state index is -0.454. The van der Waals surface area contributed by atoms with Crippen molar-refractivity contribution in [3.05, 3.63) is 0 Å². The third kappa shape index (κ3) is 3.41. The predicted molar refractivity (Wildman–Crippen MR) is 40.5 cm³/mol. The summed E-state index contributed by atoms with van der Waals surface area (Å²) in [7, 11) is 1.91. The molecule has 0 fully saturated rings. The molecular formula is C5H10NO3P. The summed E-state index contributed by atoms with van der Waals surface area (Å²) in [6, 6.07) is 0. The third-order valence-electron chi connectivity index (χ3n) is 0.760. The normalized spacial score (nSPS) is 10.9. The molecule has 1 atom stereocenters. The van der Waals surface area contributed by atoms with Gasteiger partial charge >= 0.3 is 5.97 Å². The molecule has 4 nitrogen and oxygen atoms in total. The fourth-order valence-electron chi connectivity index (χ4n) is 0.352. The van der Waals surface area contributed by atoms with Gasteiger partial charge in [0, 0.05) is 0 Å².